The van der Waals surface area contributed by atoms with E-state index in [1.54, 1.807) is 0 Å². The smallest absolute Gasteiger partial charge is 0.328 e. The largest absolute Gasteiger partial charge is 0.508 e. The molecule has 0 saturated heterocycles. The molecule has 3 rings (SSSR count). The first-order valence-corrected chi connectivity index (χ1v) is 11.7. The van der Waals surface area contributed by atoms with Crippen molar-refractivity contribution in [2.75, 3.05) is 6.61 Å². The van der Waals surface area contributed by atoms with Gasteiger partial charge in [-0.1, -0.05) is 23.3 Å². The highest BCUT2D eigenvalue weighted by Crippen LogP contribution is 2.46. The van der Waals surface area contributed by atoms with Crippen molar-refractivity contribution in [3.05, 3.63) is 46.1 Å². The van der Waals surface area contributed by atoms with Gasteiger partial charge < -0.3 is 30.1 Å². The Morgan fingerprint density at radius 2 is 1.97 bits per heavy atom. The lowest BCUT2D eigenvalue weighted by Crippen LogP contribution is -2.49. The molecule has 186 valence electrons. The van der Waals surface area contributed by atoms with Crippen LogP contribution in [0.5, 0.6) is 11.5 Å². The SMILES string of the molecule is CC(C)=CCC/C(C)=C/CC[C@]1(C)Oc2c(c(O)cc3c2CN([C@@H](CO)C(=O)O)C3=O)C[C@@H]1O. The summed E-state index contributed by atoms with van der Waals surface area (Å²) in [5.74, 6) is -1.74. The highest BCUT2D eigenvalue weighted by molar-refractivity contribution is 6.02. The summed E-state index contributed by atoms with van der Waals surface area (Å²) in [6, 6.07) is -0.0953. The molecular formula is C26H35NO7. The Morgan fingerprint density at radius 1 is 1.26 bits per heavy atom. The molecular weight excluding hydrogens is 438 g/mol. The van der Waals surface area contributed by atoms with E-state index in [1.807, 2.05) is 6.92 Å². The number of aliphatic carboxylic acids is 1. The van der Waals surface area contributed by atoms with Crippen molar-refractivity contribution in [3.8, 4) is 11.5 Å². The Balaban J connectivity index is 1.82. The molecule has 1 aromatic rings. The van der Waals surface area contributed by atoms with Crippen LogP contribution in [0.2, 0.25) is 0 Å². The summed E-state index contributed by atoms with van der Waals surface area (Å²) in [7, 11) is 0. The molecule has 0 saturated carbocycles. The molecule has 1 aromatic carbocycles. The zero-order valence-electron chi connectivity index (χ0n) is 20.3. The van der Waals surface area contributed by atoms with Crippen LogP contribution < -0.4 is 4.74 Å². The molecule has 1 amide bonds. The number of carboxylic acids is 1. The highest BCUT2D eigenvalue weighted by atomic mass is 16.5. The Morgan fingerprint density at radius 3 is 2.59 bits per heavy atom. The number of carbonyl (C=O) groups excluding carboxylic acids is 1. The summed E-state index contributed by atoms with van der Waals surface area (Å²) in [4.78, 5) is 25.4. The molecule has 2 aliphatic heterocycles. The fourth-order valence-corrected chi connectivity index (χ4v) is 4.58. The molecule has 0 aromatic heterocycles. The van der Waals surface area contributed by atoms with Gasteiger partial charge in [-0.05, 0) is 59.4 Å². The van der Waals surface area contributed by atoms with Crippen LogP contribution in [-0.4, -0.2) is 61.6 Å². The molecule has 8 nitrogen and oxygen atoms in total. The van der Waals surface area contributed by atoms with Crippen LogP contribution in [0.3, 0.4) is 0 Å². The van der Waals surface area contributed by atoms with E-state index in [9.17, 15) is 30.0 Å². The van der Waals surface area contributed by atoms with Crippen LogP contribution in [-0.2, 0) is 17.8 Å². The van der Waals surface area contributed by atoms with Gasteiger partial charge in [-0.15, -0.1) is 0 Å². The van der Waals surface area contributed by atoms with Gasteiger partial charge in [0.1, 0.15) is 17.1 Å². The predicted octanol–water partition coefficient (Wildman–Crippen LogP) is 3.32. The van der Waals surface area contributed by atoms with Gasteiger partial charge in [-0.25, -0.2) is 4.79 Å². The van der Waals surface area contributed by atoms with Gasteiger partial charge in [-0.3, -0.25) is 4.79 Å². The van der Waals surface area contributed by atoms with E-state index >= 15 is 0 Å². The minimum Gasteiger partial charge on any atom is -0.508 e. The van der Waals surface area contributed by atoms with E-state index in [1.165, 1.54) is 17.2 Å². The molecule has 0 bridgehead atoms. The van der Waals surface area contributed by atoms with Gasteiger partial charge >= 0.3 is 5.97 Å². The predicted molar refractivity (Wildman–Crippen MR) is 127 cm³/mol. The molecule has 2 heterocycles. The van der Waals surface area contributed by atoms with Crippen molar-refractivity contribution < 1.29 is 34.8 Å². The van der Waals surface area contributed by atoms with Crippen molar-refractivity contribution in [2.45, 2.75) is 84.1 Å². The maximum absolute atomic E-state index is 12.9. The molecule has 0 radical (unpaired) electrons. The number of benzene rings is 1. The molecule has 34 heavy (non-hydrogen) atoms. The molecule has 0 fully saturated rings. The van der Waals surface area contributed by atoms with Crippen molar-refractivity contribution in [1.29, 1.82) is 0 Å². The quantitative estimate of drug-likeness (QED) is 0.405. The van der Waals surface area contributed by atoms with E-state index in [4.69, 9.17) is 4.74 Å². The topological polar surface area (TPSA) is 128 Å². The fourth-order valence-electron chi connectivity index (χ4n) is 4.58. The Labute approximate surface area is 200 Å². The highest BCUT2D eigenvalue weighted by Gasteiger charge is 2.45. The van der Waals surface area contributed by atoms with Crippen LogP contribution in [0.15, 0.2) is 29.4 Å². The average molecular weight is 474 g/mol. The first-order valence-electron chi connectivity index (χ1n) is 11.7. The fraction of sp³-hybridized carbons (Fsp3) is 0.538. The van der Waals surface area contributed by atoms with Crippen LogP contribution >= 0.6 is 0 Å². The Hall–Kier alpha value is -2.84. The number of nitrogens with zero attached hydrogens (tertiary/aromatic N) is 1. The molecule has 0 spiro atoms. The number of aliphatic hydroxyl groups is 2. The van der Waals surface area contributed by atoms with Crippen LogP contribution in [0.4, 0.5) is 0 Å². The van der Waals surface area contributed by atoms with Crippen LogP contribution in [0.25, 0.3) is 0 Å². The number of aliphatic hydroxyl groups excluding tert-OH is 2. The van der Waals surface area contributed by atoms with E-state index in [-0.39, 0.29) is 24.3 Å². The van der Waals surface area contributed by atoms with Crippen molar-refractivity contribution in [3.63, 3.8) is 0 Å². The Kier molecular flexibility index (Phi) is 7.73. The number of fused-ring (bicyclic) bond motifs is 3. The van der Waals surface area contributed by atoms with Gasteiger partial charge in [0.2, 0.25) is 0 Å². The van der Waals surface area contributed by atoms with Gasteiger partial charge in [0, 0.05) is 17.5 Å². The third kappa shape index (κ3) is 5.13. The number of hydrogen-bond acceptors (Lipinski definition) is 6. The number of allylic oxidation sites excluding steroid dienone is 4. The number of ether oxygens (including phenoxy) is 1. The number of rotatable bonds is 9. The van der Waals surface area contributed by atoms with E-state index in [2.05, 4.69) is 32.9 Å². The summed E-state index contributed by atoms with van der Waals surface area (Å²) in [5, 5.41) is 40.3. The summed E-state index contributed by atoms with van der Waals surface area (Å²) in [5.41, 5.74) is 2.65. The number of carboxylic acid groups (broad SMARTS) is 1. The second-order valence-electron chi connectivity index (χ2n) is 9.74. The minimum atomic E-state index is -1.39. The number of amides is 1. The zero-order chi connectivity index (χ0) is 25.2. The number of phenolic OH excluding ortho intramolecular Hbond substituents is 1. The number of hydrogen-bond donors (Lipinski definition) is 4. The van der Waals surface area contributed by atoms with Crippen molar-refractivity contribution in [2.24, 2.45) is 0 Å². The van der Waals surface area contributed by atoms with E-state index in [0.717, 1.165) is 17.7 Å². The molecule has 3 atom stereocenters. The van der Waals surface area contributed by atoms with Crippen molar-refractivity contribution >= 4 is 11.9 Å². The normalized spacial score (nSPS) is 22.6. The first-order chi connectivity index (χ1) is 16.0. The standard InChI is InChI=1S/C26H35NO7/c1-15(2)7-5-8-16(3)9-6-10-26(4)22(30)12-18-21(29)11-17-19(23(18)34-26)13-27(24(17)31)20(14-28)25(32)33/h7,9,11,20,22,28-30H,5-6,8,10,12-14H2,1-4H3,(H,32,33)/b16-9+/t20-,22-,26-/m0/s1. The second-order valence-corrected chi connectivity index (χ2v) is 9.74. The maximum atomic E-state index is 12.9. The third-order valence-corrected chi connectivity index (χ3v) is 6.78. The number of aromatic hydroxyl groups is 1. The molecule has 2 aliphatic rings. The first kappa shape index (κ1) is 25.8. The monoisotopic (exact) mass is 473 g/mol. The van der Waals surface area contributed by atoms with Crippen molar-refractivity contribution in [1.82, 2.24) is 4.90 Å². The summed E-state index contributed by atoms with van der Waals surface area (Å²) < 4.78 is 6.28. The lowest BCUT2D eigenvalue weighted by molar-refractivity contribution is -0.143. The molecule has 0 unspecified atom stereocenters. The Bertz CT molecular complexity index is 1020. The third-order valence-electron chi connectivity index (χ3n) is 6.78. The number of carbonyl (C=O) groups is 2. The summed E-state index contributed by atoms with van der Waals surface area (Å²) >= 11 is 0. The van der Waals surface area contributed by atoms with Crippen LogP contribution in [0.1, 0.15) is 74.9 Å². The average Bonchev–Trinajstić information content (AvgIpc) is 3.06. The van der Waals surface area contributed by atoms with Gasteiger partial charge in [-0.2, -0.15) is 0 Å². The minimum absolute atomic E-state index is 0.0517. The van der Waals surface area contributed by atoms with Gasteiger partial charge in [0.15, 0.2) is 6.04 Å². The lowest BCUT2D eigenvalue weighted by atomic mass is 9.84. The zero-order valence-corrected chi connectivity index (χ0v) is 20.3. The van der Waals surface area contributed by atoms with Crippen LogP contribution in [0, 0.1) is 0 Å². The molecule has 8 heteroatoms. The number of phenols is 1. The molecule has 0 aliphatic carbocycles. The van der Waals surface area contributed by atoms with Gasteiger partial charge in [0.05, 0.1) is 24.8 Å². The molecule has 4 N–H and O–H groups in total. The summed E-state index contributed by atoms with van der Waals surface area (Å²) in [6.45, 7) is 7.27. The summed E-state index contributed by atoms with van der Waals surface area (Å²) in [6.07, 6.45) is 6.81. The second kappa shape index (κ2) is 10.2. The van der Waals surface area contributed by atoms with Gasteiger partial charge in [0.25, 0.3) is 5.91 Å². The van der Waals surface area contributed by atoms with E-state index in [0.29, 0.717) is 29.7 Å². The lowest BCUT2D eigenvalue weighted by Gasteiger charge is -2.41. The van der Waals surface area contributed by atoms with E-state index < -0.39 is 36.2 Å². The maximum Gasteiger partial charge on any atom is 0.328 e.